The van der Waals surface area contributed by atoms with Crippen LogP contribution < -0.4 is 16.0 Å². The lowest BCUT2D eigenvalue weighted by atomic mass is 10.3. The number of pyridine rings is 1. The first-order chi connectivity index (χ1) is 12.2. The first-order valence-electron chi connectivity index (χ1n) is 7.66. The molecule has 1 amide bonds. The Morgan fingerprint density at radius 1 is 1.08 bits per heavy atom. The van der Waals surface area contributed by atoms with Crippen LogP contribution >= 0.6 is 0 Å². The van der Waals surface area contributed by atoms with Crippen LogP contribution in [0.2, 0.25) is 0 Å². The summed E-state index contributed by atoms with van der Waals surface area (Å²) >= 11 is 0. The highest BCUT2D eigenvalue weighted by atomic mass is 16.1. The van der Waals surface area contributed by atoms with Gasteiger partial charge in [-0.2, -0.15) is 10.1 Å². The van der Waals surface area contributed by atoms with Gasteiger partial charge in [-0.3, -0.25) is 9.78 Å². The summed E-state index contributed by atoms with van der Waals surface area (Å²) < 4.78 is 0. The van der Waals surface area contributed by atoms with Gasteiger partial charge in [-0.25, -0.2) is 0 Å². The zero-order valence-electron chi connectivity index (χ0n) is 13.6. The number of carbonyl (C=O) groups is 1. The number of nitrogens with one attached hydrogen (secondary N) is 3. The van der Waals surface area contributed by atoms with Gasteiger partial charge in [-0.15, -0.1) is 5.10 Å². The van der Waals surface area contributed by atoms with E-state index in [2.05, 4.69) is 36.1 Å². The van der Waals surface area contributed by atoms with Gasteiger partial charge in [0, 0.05) is 37.2 Å². The van der Waals surface area contributed by atoms with Gasteiger partial charge in [-0.05, 0) is 35.9 Å². The van der Waals surface area contributed by atoms with Gasteiger partial charge in [0.15, 0.2) is 5.82 Å². The van der Waals surface area contributed by atoms with Crippen molar-refractivity contribution in [3.8, 4) is 0 Å². The summed E-state index contributed by atoms with van der Waals surface area (Å²) in [6.07, 6.45) is 5.04. The number of amides is 1. The summed E-state index contributed by atoms with van der Waals surface area (Å²) in [7, 11) is 0. The molecule has 0 radical (unpaired) electrons. The second-order valence-electron chi connectivity index (χ2n) is 5.26. The van der Waals surface area contributed by atoms with Crippen molar-refractivity contribution in [2.75, 3.05) is 16.0 Å². The molecule has 0 bridgehead atoms. The predicted molar refractivity (Wildman–Crippen MR) is 95.4 cm³/mol. The van der Waals surface area contributed by atoms with Crippen LogP contribution in [0.1, 0.15) is 12.5 Å². The molecule has 25 heavy (non-hydrogen) atoms. The van der Waals surface area contributed by atoms with Gasteiger partial charge < -0.3 is 16.0 Å². The smallest absolute Gasteiger partial charge is 0.244 e. The van der Waals surface area contributed by atoms with Crippen molar-refractivity contribution in [1.29, 1.82) is 0 Å². The van der Waals surface area contributed by atoms with Crippen LogP contribution in [0.4, 0.5) is 23.1 Å². The highest BCUT2D eigenvalue weighted by molar-refractivity contribution is 5.88. The number of aromatic nitrogens is 4. The van der Waals surface area contributed by atoms with E-state index in [-0.39, 0.29) is 5.91 Å². The topological polar surface area (TPSA) is 105 Å². The van der Waals surface area contributed by atoms with Gasteiger partial charge in [0.05, 0.1) is 6.20 Å². The molecule has 1 aromatic carbocycles. The van der Waals surface area contributed by atoms with Crippen molar-refractivity contribution in [3.63, 3.8) is 0 Å². The molecule has 3 rings (SSSR count). The van der Waals surface area contributed by atoms with Crippen molar-refractivity contribution < 1.29 is 4.79 Å². The van der Waals surface area contributed by atoms with E-state index < -0.39 is 0 Å². The van der Waals surface area contributed by atoms with E-state index in [4.69, 9.17) is 0 Å². The molecule has 3 aromatic rings. The summed E-state index contributed by atoms with van der Waals surface area (Å²) in [5.74, 6) is 0.879. The molecule has 0 atom stereocenters. The van der Waals surface area contributed by atoms with Gasteiger partial charge in [0.2, 0.25) is 11.9 Å². The van der Waals surface area contributed by atoms with Crippen molar-refractivity contribution in [2.45, 2.75) is 13.5 Å². The van der Waals surface area contributed by atoms with Gasteiger partial charge in [-0.1, -0.05) is 6.07 Å². The van der Waals surface area contributed by atoms with Crippen LogP contribution in [0.3, 0.4) is 0 Å². The summed E-state index contributed by atoms with van der Waals surface area (Å²) in [6.45, 7) is 2.03. The minimum atomic E-state index is -0.106. The normalized spacial score (nSPS) is 10.1. The van der Waals surface area contributed by atoms with E-state index >= 15 is 0 Å². The summed E-state index contributed by atoms with van der Waals surface area (Å²) in [6, 6.07) is 11.1. The molecule has 0 aliphatic heterocycles. The zero-order chi connectivity index (χ0) is 17.5. The Kier molecular flexibility index (Phi) is 5.10. The Bertz CT molecular complexity index is 837. The maximum absolute atomic E-state index is 11.0. The van der Waals surface area contributed by atoms with E-state index in [0.717, 1.165) is 16.9 Å². The quantitative estimate of drug-likeness (QED) is 0.636. The zero-order valence-corrected chi connectivity index (χ0v) is 13.6. The Balaban J connectivity index is 1.62. The molecular formula is C17H17N7O. The molecule has 2 heterocycles. The van der Waals surface area contributed by atoms with E-state index in [1.165, 1.54) is 13.1 Å². The lowest BCUT2D eigenvalue weighted by Gasteiger charge is -2.08. The summed E-state index contributed by atoms with van der Waals surface area (Å²) in [5.41, 5.74) is 2.59. The van der Waals surface area contributed by atoms with Crippen LogP contribution in [0.5, 0.6) is 0 Å². The largest absolute Gasteiger partial charge is 0.349 e. The van der Waals surface area contributed by atoms with E-state index in [1.54, 1.807) is 24.5 Å². The average Bonchev–Trinajstić information content (AvgIpc) is 2.62. The van der Waals surface area contributed by atoms with Gasteiger partial charge >= 0.3 is 0 Å². The molecule has 0 unspecified atom stereocenters. The third-order valence-corrected chi connectivity index (χ3v) is 3.21. The lowest BCUT2D eigenvalue weighted by molar-refractivity contribution is -0.114. The van der Waals surface area contributed by atoms with Crippen molar-refractivity contribution in [1.82, 2.24) is 20.2 Å². The fourth-order valence-corrected chi connectivity index (χ4v) is 2.11. The van der Waals surface area contributed by atoms with Crippen LogP contribution in [0, 0.1) is 0 Å². The number of nitrogens with zero attached hydrogens (tertiary/aromatic N) is 4. The third-order valence-electron chi connectivity index (χ3n) is 3.21. The first-order valence-corrected chi connectivity index (χ1v) is 7.66. The Labute approximate surface area is 144 Å². The van der Waals surface area contributed by atoms with Crippen LogP contribution in [-0.4, -0.2) is 26.1 Å². The van der Waals surface area contributed by atoms with Crippen LogP contribution in [0.25, 0.3) is 0 Å². The highest BCUT2D eigenvalue weighted by Gasteiger charge is 2.02. The van der Waals surface area contributed by atoms with E-state index in [1.807, 2.05) is 24.3 Å². The molecule has 0 fully saturated rings. The van der Waals surface area contributed by atoms with Crippen LogP contribution in [-0.2, 0) is 11.3 Å². The fourth-order valence-electron chi connectivity index (χ4n) is 2.11. The molecular weight excluding hydrogens is 318 g/mol. The van der Waals surface area contributed by atoms with E-state index in [9.17, 15) is 4.79 Å². The van der Waals surface area contributed by atoms with Gasteiger partial charge in [0.1, 0.15) is 0 Å². The molecule has 0 aliphatic rings. The second kappa shape index (κ2) is 7.82. The maximum atomic E-state index is 11.0. The summed E-state index contributed by atoms with van der Waals surface area (Å²) in [5, 5.41) is 16.9. The molecule has 8 nitrogen and oxygen atoms in total. The number of anilines is 4. The minimum Gasteiger partial charge on any atom is -0.349 e. The Morgan fingerprint density at radius 2 is 1.88 bits per heavy atom. The second-order valence-corrected chi connectivity index (χ2v) is 5.26. The average molecular weight is 335 g/mol. The molecule has 2 aromatic heterocycles. The number of carbonyl (C=O) groups excluding carboxylic acids is 1. The van der Waals surface area contributed by atoms with Crippen molar-refractivity contribution >= 4 is 29.0 Å². The minimum absolute atomic E-state index is 0.106. The summed E-state index contributed by atoms with van der Waals surface area (Å²) in [4.78, 5) is 19.5. The first kappa shape index (κ1) is 16.3. The molecule has 126 valence electrons. The Morgan fingerprint density at radius 3 is 2.60 bits per heavy atom. The predicted octanol–water partition coefficient (Wildman–Crippen LogP) is 2.58. The number of benzene rings is 1. The molecule has 0 saturated heterocycles. The van der Waals surface area contributed by atoms with Crippen molar-refractivity contribution in [3.05, 3.63) is 60.6 Å². The molecule has 3 N–H and O–H groups in total. The molecule has 0 aliphatic carbocycles. The monoisotopic (exact) mass is 335 g/mol. The van der Waals surface area contributed by atoms with Gasteiger partial charge in [0.25, 0.3) is 0 Å². The standard InChI is InChI=1S/C17H17N7O/c1-12(25)21-14-4-6-15(7-5-14)22-16-11-20-24-17(23-16)19-10-13-3-2-8-18-9-13/h2-9,11H,10H2,1H3,(H,21,25)(H2,19,22,23,24). The van der Waals surface area contributed by atoms with Crippen LogP contribution in [0.15, 0.2) is 55.0 Å². The maximum Gasteiger partial charge on any atom is 0.244 e. The molecule has 0 saturated carbocycles. The number of hydrogen-bond acceptors (Lipinski definition) is 7. The molecule has 8 heteroatoms. The molecule has 0 spiro atoms. The van der Waals surface area contributed by atoms with E-state index in [0.29, 0.717) is 18.3 Å². The van der Waals surface area contributed by atoms with Crippen molar-refractivity contribution in [2.24, 2.45) is 0 Å². The third kappa shape index (κ3) is 4.96. The highest BCUT2D eigenvalue weighted by Crippen LogP contribution is 2.17. The number of hydrogen-bond donors (Lipinski definition) is 3. The lowest BCUT2D eigenvalue weighted by Crippen LogP contribution is -2.07. The Hall–Kier alpha value is -3.55. The fraction of sp³-hybridized carbons (Fsp3) is 0.118. The SMILES string of the molecule is CC(=O)Nc1ccc(Nc2cnnc(NCc3cccnc3)n2)cc1. The number of rotatable bonds is 6.